The average molecular weight is 479 g/mol. The van der Waals surface area contributed by atoms with E-state index < -0.39 is 15.8 Å². The third kappa shape index (κ3) is 4.17. The number of aryl methyl sites for hydroxylation is 1. The van der Waals surface area contributed by atoms with Crippen LogP contribution in [0.1, 0.15) is 23.7 Å². The molecule has 0 amide bonds. The summed E-state index contributed by atoms with van der Waals surface area (Å²) in [7, 11) is -2.09. The monoisotopic (exact) mass is 478 g/mol. The fraction of sp³-hybridized carbons (Fsp3) is 0.231. The molecule has 2 aromatic heterocycles. The van der Waals surface area contributed by atoms with Crippen LogP contribution in [0.5, 0.6) is 0 Å². The van der Waals surface area contributed by atoms with E-state index in [0.717, 1.165) is 5.69 Å². The van der Waals surface area contributed by atoms with Gasteiger partial charge in [0.05, 0.1) is 27.3 Å². The minimum atomic E-state index is -3.76. The molecular formula is C26H26N2O5S. The number of carbonyl (C=O) groups is 1. The van der Waals surface area contributed by atoms with Crippen molar-refractivity contribution in [3.05, 3.63) is 94.0 Å². The first kappa shape index (κ1) is 23.5. The van der Waals surface area contributed by atoms with Gasteiger partial charge in [0.15, 0.2) is 0 Å². The summed E-state index contributed by atoms with van der Waals surface area (Å²) in [6.45, 7) is 3.80. The molecule has 0 saturated carbocycles. The van der Waals surface area contributed by atoms with Crippen molar-refractivity contribution in [1.82, 2.24) is 9.13 Å². The third-order valence-corrected chi connectivity index (χ3v) is 7.83. The van der Waals surface area contributed by atoms with Gasteiger partial charge in [-0.2, -0.15) is 0 Å². The van der Waals surface area contributed by atoms with E-state index in [2.05, 4.69) is 0 Å². The molecule has 176 valence electrons. The number of hydrogen-bond donors (Lipinski definition) is 0. The molecule has 0 radical (unpaired) electrons. The summed E-state index contributed by atoms with van der Waals surface area (Å²) in [5.74, 6) is -0.401. The summed E-state index contributed by atoms with van der Waals surface area (Å²) in [6, 6.07) is 16.9. The Morgan fingerprint density at radius 2 is 1.68 bits per heavy atom. The van der Waals surface area contributed by atoms with Crippen LogP contribution < -0.4 is 5.56 Å². The number of hydrogen-bond acceptors (Lipinski definition) is 5. The van der Waals surface area contributed by atoms with Gasteiger partial charge >= 0.3 is 5.97 Å². The van der Waals surface area contributed by atoms with Gasteiger partial charge in [0, 0.05) is 25.4 Å². The normalized spacial score (nSPS) is 11.6. The molecule has 2 aromatic carbocycles. The van der Waals surface area contributed by atoms with Crippen molar-refractivity contribution >= 4 is 26.7 Å². The molecule has 0 aliphatic heterocycles. The summed E-state index contributed by atoms with van der Waals surface area (Å²) in [5, 5.41) is 0.471. The van der Waals surface area contributed by atoms with Crippen LogP contribution in [-0.2, 0) is 39.4 Å². The van der Waals surface area contributed by atoms with Crippen LogP contribution in [-0.4, -0.2) is 30.1 Å². The predicted molar refractivity (Wildman–Crippen MR) is 130 cm³/mol. The molecule has 0 unspecified atom stereocenters. The van der Waals surface area contributed by atoms with Gasteiger partial charge in [-0.05, 0) is 49.2 Å². The highest BCUT2D eigenvalue weighted by Crippen LogP contribution is 2.30. The largest absolute Gasteiger partial charge is 0.465 e. The molecule has 0 spiro atoms. The van der Waals surface area contributed by atoms with Crippen LogP contribution in [0.25, 0.3) is 10.9 Å². The zero-order valence-electron chi connectivity index (χ0n) is 19.3. The van der Waals surface area contributed by atoms with Crippen LogP contribution in [0.3, 0.4) is 0 Å². The van der Waals surface area contributed by atoms with Crippen molar-refractivity contribution in [3.63, 3.8) is 0 Å². The van der Waals surface area contributed by atoms with E-state index in [9.17, 15) is 18.0 Å². The van der Waals surface area contributed by atoms with Crippen molar-refractivity contribution in [2.24, 2.45) is 7.05 Å². The minimum absolute atomic E-state index is 0.0344. The van der Waals surface area contributed by atoms with E-state index in [1.807, 2.05) is 6.92 Å². The standard InChI is InChI=1S/C26H26N2O5S/c1-4-33-24(29)17-28-18(2)21(25-22(28)14-15-27(3)26(25)30)16-19-10-8-9-13-23(19)34(31,32)20-11-6-5-7-12-20/h5-15H,4,16-17H2,1-3H3. The summed E-state index contributed by atoms with van der Waals surface area (Å²) in [5.41, 5.74) is 2.40. The number of benzene rings is 2. The highest BCUT2D eigenvalue weighted by Gasteiger charge is 2.24. The van der Waals surface area contributed by atoms with E-state index in [-0.39, 0.29) is 34.9 Å². The minimum Gasteiger partial charge on any atom is -0.465 e. The summed E-state index contributed by atoms with van der Waals surface area (Å²) < 4.78 is 35.2. The van der Waals surface area contributed by atoms with Gasteiger partial charge in [0.1, 0.15) is 6.54 Å². The molecule has 0 saturated heterocycles. The predicted octanol–water partition coefficient (Wildman–Crippen LogP) is 3.64. The van der Waals surface area contributed by atoms with E-state index in [1.54, 1.807) is 85.4 Å². The van der Waals surface area contributed by atoms with Gasteiger partial charge < -0.3 is 13.9 Å². The van der Waals surface area contributed by atoms with Crippen molar-refractivity contribution in [3.8, 4) is 0 Å². The summed E-state index contributed by atoms with van der Waals surface area (Å²) >= 11 is 0. The van der Waals surface area contributed by atoms with Crippen LogP contribution in [0.4, 0.5) is 0 Å². The molecule has 0 aliphatic rings. The lowest BCUT2D eigenvalue weighted by Crippen LogP contribution is -2.17. The zero-order chi connectivity index (χ0) is 24.5. The lowest BCUT2D eigenvalue weighted by atomic mass is 10.0. The van der Waals surface area contributed by atoms with Crippen molar-refractivity contribution < 1.29 is 17.9 Å². The second kappa shape index (κ2) is 9.30. The average Bonchev–Trinajstić information content (AvgIpc) is 3.08. The molecule has 0 bridgehead atoms. The first-order valence-corrected chi connectivity index (χ1v) is 12.4. The molecule has 7 nitrogen and oxygen atoms in total. The highest BCUT2D eigenvalue weighted by atomic mass is 32.2. The van der Waals surface area contributed by atoms with Gasteiger partial charge in [0.2, 0.25) is 9.84 Å². The maximum atomic E-state index is 13.4. The molecule has 2 heterocycles. The van der Waals surface area contributed by atoms with Crippen LogP contribution in [0.2, 0.25) is 0 Å². The first-order valence-electron chi connectivity index (χ1n) is 11.0. The van der Waals surface area contributed by atoms with Gasteiger partial charge in [-0.3, -0.25) is 9.59 Å². The number of sulfone groups is 1. The van der Waals surface area contributed by atoms with E-state index in [1.165, 1.54) is 4.57 Å². The quantitative estimate of drug-likeness (QED) is 0.379. The van der Waals surface area contributed by atoms with Gasteiger partial charge in [-0.1, -0.05) is 36.4 Å². The maximum absolute atomic E-state index is 13.4. The number of ether oxygens (including phenoxy) is 1. The molecule has 4 rings (SSSR count). The fourth-order valence-corrected chi connectivity index (χ4v) is 5.75. The second-order valence-corrected chi connectivity index (χ2v) is 9.97. The van der Waals surface area contributed by atoms with Gasteiger partial charge in [-0.15, -0.1) is 0 Å². The molecule has 4 aromatic rings. The molecule has 0 N–H and O–H groups in total. The van der Waals surface area contributed by atoms with E-state index in [0.29, 0.717) is 22.0 Å². The lowest BCUT2D eigenvalue weighted by molar-refractivity contribution is -0.143. The van der Waals surface area contributed by atoms with Crippen molar-refractivity contribution in [1.29, 1.82) is 0 Å². The summed E-state index contributed by atoms with van der Waals surface area (Å²) in [4.78, 5) is 25.8. The number of fused-ring (bicyclic) bond motifs is 1. The van der Waals surface area contributed by atoms with Crippen molar-refractivity contribution in [2.45, 2.75) is 36.6 Å². The first-order chi connectivity index (χ1) is 16.3. The number of pyridine rings is 1. The Morgan fingerprint density at radius 3 is 2.38 bits per heavy atom. The Bertz CT molecular complexity index is 1530. The van der Waals surface area contributed by atoms with E-state index in [4.69, 9.17) is 4.74 Å². The molecule has 0 fully saturated rings. The van der Waals surface area contributed by atoms with Gasteiger partial charge in [-0.25, -0.2) is 8.42 Å². The number of esters is 1. The Morgan fingerprint density at radius 1 is 1.00 bits per heavy atom. The lowest BCUT2D eigenvalue weighted by Gasteiger charge is -2.12. The zero-order valence-corrected chi connectivity index (χ0v) is 20.1. The molecule has 34 heavy (non-hydrogen) atoms. The second-order valence-electron chi connectivity index (χ2n) is 8.05. The van der Waals surface area contributed by atoms with Crippen molar-refractivity contribution in [2.75, 3.05) is 6.61 Å². The Labute approximate surface area is 198 Å². The van der Waals surface area contributed by atoms with Crippen LogP contribution in [0, 0.1) is 6.92 Å². The number of carbonyl (C=O) groups excluding carboxylic acids is 1. The van der Waals surface area contributed by atoms with Crippen LogP contribution >= 0.6 is 0 Å². The number of nitrogens with zero attached hydrogens (tertiary/aromatic N) is 2. The Hall–Kier alpha value is -3.65. The third-order valence-electron chi connectivity index (χ3n) is 5.96. The molecule has 8 heteroatoms. The Balaban J connectivity index is 1.89. The molecule has 0 atom stereocenters. The topological polar surface area (TPSA) is 87.4 Å². The van der Waals surface area contributed by atoms with Crippen LogP contribution in [0.15, 0.2) is 81.4 Å². The van der Waals surface area contributed by atoms with Gasteiger partial charge in [0.25, 0.3) is 5.56 Å². The SMILES string of the molecule is CCOC(=O)Cn1c(C)c(Cc2ccccc2S(=O)(=O)c2ccccc2)c2c(=O)n(C)ccc21. The molecular weight excluding hydrogens is 452 g/mol. The van der Waals surface area contributed by atoms with E-state index >= 15 is 0 Å². The number of aromatic nitrogens is 2. The molecule has 0 aliphatic carbocycles. The fourth-order valence-electron chi connectivity index (χ4n) is 4.24. The number of rotatable bonds is 7. The maximum Gasteiger partial charge on any atom is 0.325 e. The smallest absolute Gasteiger partial charge is 0.325 e. The highest BCUT2D eigenvalue weighted by molar-refractivity contribution is 7.91. The Kier molecular flexibility index (Phi) is 6.43. The summed E-state index contributed by atoms with van der Waals surface area (Å²) in [6.07, 6.45) is 1.88.